The molecule has 2 N–H and O–H groups in total. The molecular formula is C24H23F3N6O2. The van der Waals surface area contributed by atoms with E-state index in [4.69, 9.17) is 5.10 Å². The lowest BCUT2D eigenvalue weighted by atomic mass is 9.84. The molecule has 1 saturated carbocycles. The van der Waals surface area contributed by atoms with E-state index < -0.39 is 23.4 Å². The zero-order valence-corrected chi connectivity index (χ0v) is 18.8. The number of hydrogen-bond acceptors (Lipinski definition) is 5. The van der Waals surface area contributed by atoms with E-state index >= 15 is 0 Å². The lowest BCUT2D eigenvalue weighted by molar-refractivity contribution is -0.141. The highest BCUT2D eigenvalue weighted by molar-refractivity contribution is 6.05. The third-order valence-electron chi connectivity index (χ3n) is 6.32. The van der Waals surface area contributed by atoms with Crippen LogP contribution in [0.15, 0.2) is 55.0 Å². The van der Waals surface area contributed by atoms with E-state index in [9.17, 15) is 23.1 Å². The quantitative estimate of drug-likeness (QED) is 0.436. The number of rotatable bonds is 4. The second-order valence-electron chi connectivity index (χ2n) is 9.08. The molecule has 1 fully saturated rings. The summed E-state index contributed by atoms with van der Waals surface area (Å²) in [6, 6.07) is 8.55. The zero-order chi connectivity index (χ0) is 24.8. The van der Waals surface area contributed by atoms with Crippen molar-refractivity contribution in [2.45, 2.75) is 50.4 Å². The van der Waals surface area contributed by atoms with Crippen LogP contribution in [0.1, 0.15) is 54.8 Å². The van der Waals surface area contributed by atoms with E-state index in [2.05, 4.69) is 15.4 Å². The Morgan fingerprint density at radius 1 is 1.20 bits per heavy atom. The van der Waals surface area contributed by atoms with Gasteiger partial charge in [0.25, 0.3) is 5.91 Å². The number of pyridine rings is 1. The molecule has 0 saturated heterocycles. The van der Waals surface area contributed by atoms with Gasteiger partial charge in [0.15, 0.2) is 0 Å². The first-order chi connectivity index (χ1) is 16.6. The Morgan fingerprint density at radius 3 is 2.66 bits per heavy atom. The standard InChI is InChI=1S/C24H23F3N6O2/c1-23(35)8-6-16(7-9-23)33-14-15-12-19(20(13-18(15)31-33)32-11-3-10-28-32)30-22(34)17-4-2-5-21(29-17)24(25,26)27/h2-5,10-14,16,35H,6-9H2,1H3,(H,30,34)/t16-,23+. The Kier molecular flexibility index (Phi) is 5.59. The first kappa shape index (κ1) is 23.0. The molecule has 1 amide bonds. The monoisotopic (exact) mass is 484 g/mol. The maximum Gasteiger partial charge on any atom is 0.433 e. The Bertz CT molecular complexity index is 1370. The first-order valence-electron chi connectivity index (χ1n) is 11.2. The van der Waals surface area contributed by atoms with Gasteiger partial charge in [-0.25, -0.2) is 9.67 Å². The number of aromatic nitrogens is 5. The molecule has 1 aliphatic rings. The van der Waals surface area contributed by atoms with Gasteiger partial charge >= 0.3 is 6.18 Å². The molecule has 0 bridgehead atoms. The SMILES string of the molecule is C[C@]1(O)CC[C@@H](n2cc3cc(NC(=O)c4cccc(C(F)(F)F)n4)c(-n4cccn4)cc3n2)CC1. The molecule has 0 spiro atoms. The van der Waals surface area contributed by atoms with Gasteiger partial charge in [0.05, 0.1) is 28.5 Å². The van der Waals surface area contributed by atoms with E-state index in [0.717, 1.165) is 30.4 Å². The summed E-state index contributed by atoms with van der Waals surface area (Å²) in [5.74, 6) is -0.772. The van der Waals surface area contributed by atoms with Gasteiger partial charge in [0.1, 0.15) is 11.4 Å². The van der Waals surface area contributed by atoms with Crippen molar-refractivity contribution >= 4 is 22.5 Å². The molecule has 4 aromatic rings. The maximum atomic E-state index is 13.1. The van der Waals surface area contributed by atoms with Gasteiger partial charge < -0.3 is 10.4 Å². The molecule has 3 aromatic heterocycles. The molecule has 182 valence electrons. The molecule has 1 aromatic carbocycles. The molecule has 11 heteroatoms. The number of aliphatic hydroxyl groups is 1. The van der Waals surface area contributed by atoms with Crippen molar-refractivity contribution in [3.8, 4) is 5.69 Å². The fraction of sp³-hybridized carbons (Fsp3) is 0.333. The molecule has 5 rings (SSSR count). The summed E-state index contributed by atoms with van der Waals surface area (Å²) in [7, 11) is 0. The Balaban J connectivity index is 1.49. The molecule has 8 nitrogen and oxygen atoms in total. The van der Waals surface area contributed by atoms with Crippen molar-refractivity contribution in [2.24, 2.45) is 0 Å². The van der Waals surface area contributed by atoms with Gasteiger partial charge in [0.2, 0.25) is 0 Å². The average molecular weight is 484 g/mol. The van der Waals surface area contributed by atoms with Crippen molar-refractivity contribution in [1.29, 1.82) is 0 Å². The van der Waals surface area contributed by atoms with Crippen LogP contribution >= 0.6 is 0 Å². The highest BCUT2D eigenvalue weighted by atomic mass is 19.4. The summed E-state index contributed by atoms with van der Waals surface area (Å²) in [5.41, 5.74) is -0.596. The predicted molar refractivity (Wildman–Crippen MR) is 122 cm³/mol. The predicted octanol–water partition coefficient (Wildman–Crippen LogP) is 4.75. The van der Waals surface area contributed by atoms with E-state index in [-0.39, 0.29) is 11.7 Å². The maximum absolute atomic E-state index is 13.1. The van der Waals surface area contributed by atoms with Crippen LogP contribution in [0.3, 0.4) is 0 Å². The lowest BCUT2D eigenvalue weighted by Gasteiger charge is -2.33. The number of fused-ring (bicyclic) bond motifs is 1. The van der Waals surface area contributed by atoms with Crippen LogP contribution in [-0.4, -0.2) is 41.2 Å². The van der Waals surface area contributed by atoms with Crippen molar-refractivity contribution in [3.63, 3.8) is 0 Å². The fourth-order valence-electron chi connectivity index (χ4n) is 4.36. The van der Waals surface area contributed by atoms with Crippen LogP contribution in [0.4, 0.5) is 18.9 Å². The molecule has 0 aliphatic heterocycles. The number of carbonyl (C=O) groups is 1. The minimum absolute atomic E-state index is 0.142. The smallest absolute Gasteiger partial charge is 0.390 e. The number of hydrogen-bond donors (Lipinski definition) is 2. The molecule has 0 radical (unpaired) electrons. The van der Waals surface area contributed by atoms with Crippen LogP contribution in [0, 0.1) is 0 Å². The topological polar surface area (TPSA) is 97.9 Å². The van der Waals surface area contributed by atoms with Gasteiger partial charge in [0, 0.05) is 24.0 Å². The second-order valence-corrected chi connectivity index (χ2v) is 9.08. The third-order valence-corrected chi connectivity index (χ3v) is 6.32. The molecule has 35 heavy (non-hydrogen) atoms. The van der Waals surface area contributed by atoms with Crippen molar-refractivity contribution in [3.05, 3.63) is 66.4 Å². The number of nitrogens with one attached hydrogen (secondary N) is 1. The molecule has 1 aliphatic carbocycles. The highest BCUT2D eigenvalue weighted by Gasteiger charge is 2.33. The van der Waals surface area contributed by atoms with Crippen LogP contribution in [0.5, 0.6) is 0 Å². The number of alkyl halides is 3. The average Bonchev–Trinajstić information content (AvgIpc) is 3.48. The van der Waals surface area contributed by atoms with E-state index in [1.807, 2.05) is 17.8 Å². The Hall–Kier alpha value is -3.73. The number of benzene rings is 1. The number of amides is 1. The van der Waals surface area contributed by atoms with Crippen LogP contribution < -0.4 is 5.32 Å². The van der Waals surface area contributed by atoms with E-state index in [1.165, 1.54) is 6.07 Å². The number of carbonyl (C=O) groups excluding carboxylic acids is 1. The van der Waals surface area contributed by atoms with Gasteiger partial charge in [-0.05, 0) is 62.9 Å². The summed E-state index contributed by atoms with van der Waals surface area (Å²) in [4.78, 5) is 16.3. The van der Waals surface area contributed by atoms with Crippen LogP contribution in [0.2, 0.25) is 0 Å². The summed E-state index contributed by atoms with van der Waals surface area (Å²) >= 11 is 0. The molecule has 0 unspecified atom stereocenters. The van der Waals surface area contributed by atoms with Crippen LogP contribution in [0.25, 0.3) is 16.6 Å². The third kappa shape index (κ3) is 4.76. The Morgan fingerprint density at radius 2 is 1.97 bits per heavy atom. The largest absolute Gasteiger partial charge is 0.433 e. The normalized spacial score (nSPS) is 20.8. The minimum atomic E-state index is -4.66. The van der Waals surface area contributed by atoms with Crippen molar-refractivity contribution < 1.29 is 23.1 Å². The Labute approximate surface area is 198 Å². The van der Waals surface area contributed by atoms with Gasteiger partial charge in [-0.2, -0.15) is 23.4 Å². The summed E-state index contributed by atoms with van der Waals surface area (Å²) < 4.78 is 42.6. The number of halogens is 3. The second kappa shape index (κ2) is 8.49. The first-order valence-corrected chi connectivity index (χ1v) is 11.2. The van der Waals surface area contributed by atoms with E-state index in [1.54, 1.807) is 35.3 Å². The van der Waals surface area contributed by atoms with E-state index in [0.29, 0.717) is 29.7 Å². The zero-order valence-electron chi connectivity index (χ0n) is 18.8. The van der Waals surface area contributed by atoms with Gasteiger partial charge in [-0.3, -0.25) is 9.48 Å². The van der Waals surface area contributed by atoms with Gasteiger partial charge in [-0.1, -0.05) is 6.07 Å². The van der Waals surface area contributed by atoms with Crippen molar-refractivity contribution in [2.75, 3.05) is 5.32 Å². The summed E-state index contributed by atoms with van der Waals surface area (Å²) in [6.45, 7) is 1.84. The molecule has 3 heterocycles. The molecule has 0 atom stereocenters. The van der Waals surface area contributed by atoms with Gasteiger partial charge in [-0.15, -0.1) is 0 Å². The van der Waals surface area contributed by atoms with Crippen molar-refractivity contribution in [1.82, 2.24) is 24.5 Å². The number of nitrogens with zero attached hydrogens (tertiary/aromatic N) is 5. The highest BCUT2D eigenvalue weighted by Crippen LogP contribution is 2.36. The number of anilines is 1. The summed E-state index contributed by atoms with van der Waals surface area (Å²) in [6.07, 6.45) is 3.43. The van der Waals surface area contributed by atoms with Crippen LogP contribution in [-0.2, 0) is 6.18 Å². The minimum Gasteiger partial charge on any atom is -0.390 e. The fourth-order valence-corrected chi connectivity index (χ4v) is 4.36. The molecular weight excluding hydrogens is 461 g/mol. The lowest BCUT2D eigenvalue weighted by Crippen LogP contribution is -2.31. The summed E-state index contributed by atoms with van der Waals surface area (Å²) in [5, 5.41) is 22.6.